The van der Waals surface area contributed by atoms with E-state index in [4.69, 9.17) is 17.3 Å². The third kappa shape index (κ3) is 1.97. The molecule has 0 aliphatic carbocycles. The summed E-state index contributed by atoms with van der Waals surface area (Å²) in [5.41, 5.74) is 7.46. The fraction of sp³-hybridized carbons (Fsp3) is 0.333. The van der Waals surface area contributed by atoms with Crippen LogP contribution in [0.2, 0.25) is 5.15 Å². The van der Waals surface area contributed by atoms with E-state index in [2.05, 4.69) is 10.2 Å². The highest BCUT2D eigenvalue weighted by Gasteiger charge is 2.06. The van der Waals surface area contributed by atoms with Crippen LogP contribution in [0, 0.1) is 6.92 Å². The van der Waals surface area contributed by atoms with Crippen LogP contribution in [0.1, 0.15) is 11.4 Å². The largest absolute Gasteiger partial charge is 0.382 e. The van der Waals surface area contributed by atoms with Crippen molar-refractivity contribution in [3.63, 3.8) is 0 Å². The van der Waals surface area contributed by atoms with Crippen molar-refractivity contribution in [1.82, 2.24) is 19.6 Å². The zero-order valence-corrected chi connectivity index (χ0v) is 9.36. The highest BCUT2D eigenvalue weighted by molar-refractivity contribution is 6.29. The van der Waals surface area contributed by atoms with Gasteiger partial charge in [0.2, 0.25) is 0 Å². The number of aryl methyl sites for hydroxylation is 2. The summed E-state index contributed by atoms with van der Waals surface area (Å²) >= 11 is 5.89. The van der Waals surface area contributed by atoms with Crippen molar-refractivity contribution in [1.29, 1.82) is 0 Å². The van der Waals surface area contributed by atoms with Crippen LogP contribution in [-0.4, -0.2) is 19.6 Å². The lowest BCUT2D eigenvalue weighted by atomic mass is 10.4. The number of hydrogen-bond acceptors (Lipinski definition) is 3. The first-order valence-corrected chi connectivity index (χ1v) is 4.92. The molecule has 0 fully saturated rings. The number of rotatable bonds is 2. The lowest BCUT2D eigenvalue weighted by Gasteiger charge is -1.99. The molecule has 0 atom stereocenters. The zero-order chi connectivity index (χ0) is 11.0. The maximum Gasteiger partial charge on any atom is 0.145 e. The number of nitrogens with zero attached hydrogens (tertiary/aromatic N) is 4. The summed E-state index contributed by atoms with van der Waals surface area (Å²) in [7, 11) is 1.80. The fourth-order valence-corrected chi connectivity index (χ4v) is 1.59. The molecule has 6 heteroatoms. The van der Waals surface area contributed by atoms with Gasteiger partial charge in [-0.15, -0.1) is 0 Å². The van der Waals surface area contributed by atoms with Crippen molar-refractivity contribution >= 4 is 17.4 Å². The molecule has 5 nitrogen and oxygen atoms in total. The number of nitrogen functional groups attached to an aromatic ring is 1. The Labute approximate surface area is 92.4 Å². The lowest BCUT2D eigenvalue weighted by molar-refractivity contribution is 0.637. The van der Waals surface area contributed by atoms with Gasteiger partial charge in [0.25, 0.3) is 0 Å². The molecule has 2 N–H and O–H groups in total. The van der Waals surface area contributed by atoms with Gasteiger partial charge in [-0.25, -0.2) is 0 Å². The van der Waals surface area contributed by atoms with E-state index in [-0.39, 0.29) is 0 Å². The SMILES string of the molecule is Cc1cc(N)nn1Cc1cc(Cl)n(C)n1. The first-order chi connectivity index (χ1) is 7.06. The Hall–Kier alpha value is -1.49. The molecule has 2 aromatic heterocycles. The van der Waals surface area contributed by atoms with Gasteiger partial charge in [-0.05, 0) is 6.92 Å². The molecular formula is C9H12ClN5. The Morgan fingerprint density at radius 1 is 1.40 bits per heavy atom. The van der Waals surface area contributed by atoms with Gasteiger partial charge in [-0.2, -0.15) is 10.2 Å². The van der Waals surface area contributed by atoms with Gasteiger partial charge in [0.1, 0.15) is 11.0 Å². The first-order valence-electron chi connectivity index (χ1n) is 4.54. The van der Waals surface area contributed by atoms with E-state index >= 15 is 0 Å². The summed E-state index contributed by atoms with van der Waals surface area (Å²) in [4.78, 5) is 0. The number of nitrogens with two attached hydrogens (primary N) is 1. The second kappa shape index (κ2) is 3.58. The van der Waals surface area contributed by atoms with Crippen molar-refractivity contribution in [2.24, 2.45) is 7.05 Å². The van der Waals surface area contributed by atoms with Crippen LogP contribution in [0.4, 0.5) is 5.82 Å². The van der Waals surface area contributed by atoms with Gasteiger partial charge in [0.05, 0.1) is 12.2 Å². The molecule has 15 heavy (non-hydrogen) atoms. The van der Waals surface area contributed by atoms with E-state index in [0.717, 1.165) is 11.4 Å². The van der Waals surface area contributed by atoms with E-state index in [9.17, 15) is 0 Å². The summed E-state index contributed by atoms with van der Waals surface area (Å²) in [5.74, 6) is 0.523. The van der Waals surface area contributed by atoms with E-state index in [0.29, 0.717) is 17.5 Å². The van der Waals surface area contributed by atoms with Crippen molar-refractivity contribution < 1.29 is 0 Å². The van der Waals surface area contributed by atoms with Gasteiger partial charge in [-0.3, -0.25) is 9.36 Å². The molecular weight excluding hydrogens is 214 g/mol. The Morgan fingerprint density at radius 3 is 2.60 bits per heavy atom. The average molecular weight is 226 g/mol. The third-order valence-corrected chi connectivity index (χ3v) is 2.54. The van der Waals surface area contributed by atoms with Crippen molar-refractivity contribution in [2.75, 3.05) is 5.73 Å². The van der Waals surface area contributed by atoms with Crippen LogP contribution in [0.3, 0.4) is 0 Å². The molecule has 0 aliphatic heterocycles. The van der Waals surface area contributed by atoms with E-state index < -0.39 is 0 Å². The predicted octanol–water partition coefficient (Wildman–Crippen LogP) is 1.21. The highest BCUT2D eigenvalue weighted by atomic mass is 35.5. The van der Waals surface area contributed by atoms with E-state index in [1.54, 1.807) is 16.4 Å². The highest BCUT2D eigenvalue weighted by Crippen LogP contribution is 2.12. The minimum absolute atomic E-state index is 0.523. The second-order valence-electron chi connectivity index (χ2n) is 3.45. The number of halogens is 1. The predicted molar refractivity (Wildman–Crippen MR) is 58.7 cm³/mol. The van der Waals surface area contributed by atoms with Crippen LogP contribution in [0.15, 0.2) is 12.1 Å². The van der Waals surface area contributed by atoms with Crippen LogP contribution < -0.4 is 5.73 Å². The van der Waals surface area contributed by atoms with Gasteiger partial charge < -0.3 is 5.73 Å². The standard InChI is InChI=1S/C9H12ClN5/c1-6-3-9(11)13-15(6)5-7-4-8(10)14(2)12-7/h3-4H,5H2,1-2H3,(H2,11,13). The maximum absolute atomic E-state index is 5.89. The minimum atomic E-state index is 0.523. The molecule has 0 aliphatic rings. The molecule has 2 aromatic rings. The van der Waals surface area contributed by atoms with Crippen molar-refractivity contribution in [2.45, 2.75) is 13.5 Å². The normalized spacial score (nSPS) is 10.9. The molecule has 0 aromatic carbocycles. The second-order valence-corrected chi connectivity index (χ2v) is 3.84. The van der Waals surface area contributed by atoms with Crippen molar-refractivity contribution in [3.05, 3.63) is 28.7 Å². The molecule has 0 saturated heterocycles. The molecule has 80 valence electrons. The molecule has 2 rings (SSSR count). The molecule has 0 saturated carbocycles. The number of hydrogen-bond donors (Lipinski definition) is 1. The summed E-state index contributed by atoms with van der Waals surface area (Å²) < 4.78 is 3.42. The topological polar surface area (TPSA) is 61.7 Å². The maximum atomic E-state index is 5.89. The molecule has 0 amide bonds. The van der Waals surface area contributed by atoms with Crippen LogP contribution >= 0.6 is 11.6 Å². The lowest BCUT2D eigenvalue weighted by Crippen LogP contribution is -2.05. The zero-order valence-electron chi connectivity index (χ0n) is 8.61. The third-order valence-electron chi connectivity index (χ3n) is 2.19. The van der Waals surface area contributed by atoms with Gasteiger partial charge in [0, 0.05) is 24.9 Å². The number of anilines is 1. The van der Waals surface area contributed by atoms with Crippen LogP contribution in [-0.2, 0) is 13.6 Å². The Kier molecular flexibility index (Phi) is 2.40. The Bertz CT molecular complexity index is 465. The monoisotopic (exact) mass is 225 g/mol. The van der Waals surface area contributed by atoms with Crippen LogP contribution in [0.5, 0.6) is 0 Å². The molecule has 0 spiro atoms. The molecule has 0 unspecified atom stereocenters. The quantitative estimate of drug-likeness (QED) is 0.836. The minimum Gasteiger partial charge on any atom is -0.382 e. The number of aromatic nitrogens is 4. The van der Waals surface area contributed by atoms with Crippen LogP contribution in [0.25, 0.3) is 0 Å². The van der Waals surface area contributed by atoms with Gasteiger partial charge in [-0.1, -0.05) is 11.6 Å². The average Bonchev–Trinajstić information content (AvgIpc) is 2.59. The molecule has 0 bridgehead atoms. The van der Waals surface area contributed by atoms with Crippen molar-refractivity contribution in [3.8, 4) is 0 Å². The summed E-state index contributed by atoms with van der Waals surface area (Å²) in [6.07, 6.45) is 0. The Balaban J connectivity index is 2.25. The summed E-state index contributed by atoms with van der Waals surface area (Å²) in [5, 5.41) is 9.00. The van der Waals surface area contributed by atoms with E-state index in [1.807, 2.05) is 19.1 Å². The molecule has 2 heterocycles. The summed E-state index contributed by atoms with van der Waals surface area (Å²) in [6.45, 7) is 2.54. The van der Waals surface area contributed by atoms with Gasteiger partial charge >= 0.3 is 0 Å². The van der Waals surface area contributed by atoms with Gasteiger partial charge in [0.15, 0.2) is 0 Å². The molecule has 0 radical (unpaired) electrons. The smallest absolute Gasteiger partial charge is 0.145 e. The fourth-order valence-electron chi connectivity index (χ4n) is 1.43. The first kappa shape index (κ1) is 10.0. The summed E-state index contributed by atoms with van der Waals surface area (Å²) in [6, 6.07) is 3.64. The van der Waals surface area contributed by atoms with E-state index in [1.165, 1.54) is 0 Å². The Morgan fingerprint density at radius 2 is 2.13 bits per heavy atom.